The van der Waals surface area contributed by atoms with E-state index in [9.17, 15) is 4.79 Å². The minimum absolute atomic E-state index is 0.142. The van der Waals surface area contributed by atoms with E-state index < -0.39 is 0 Å². The molecule has 4 nitrogen and oxygen atoms in total. The van der Waals surface area contributed by atoms with Crippen molar-refractivity contribution in [2.45, 2.75) is 20.3 Å². The first-order chi connectivity index (χ1) is 11.0. The Morgan fingerprint density at radius 1 is 1.39 bits per heavy atom. The van der Waals surface area contributed by atoms with Crippen LogP contribution in [0.25, 0.3) is 10.9 Å². The lowest BCUT2D eigenvalue weighted by Crippen LogP contribution is -2.55. The van der Waals surface area contributed by atoms with Gasteiger partial charge >= 0.3 is 0 Å². The predicted molar refractivity (Wildman–Crippen MR) is 90.4 cm³/mol. The van der Waals surface area contributed by atoms with E-state index in [1.54, 1.807) is 7.11 Å². The molecule has 122 valence electrons. The Morgan fingerprint density at radius 3 is 2.91 bits per heavy atom. The molecule has 23 heavy (non-hydrogen) atoms. The average molecular weight is 312 g/mol. The number of rotatable bonds is 3. The van der Waals surface area contributed by atoms with Crippen LogP contribution in [0.4, 0.5) is 0 Å². The average Bonchev–Trinajstić information content (AvgIpc) is 3.07. The van der Waals surface area contributed by atoms with Crippen LogP contribution in [-0.4, -0.2) is 42.6 Å². The molecule has 2 atom stereocenters. The highest BCUT2D eigenvalue weighted by Gasteiger charge is 2.63. The fourth-order valence-electron chi connectivity index (χ4n) is 5.18. The Hall–Kier alpha value is -1.81. The van der Waals surface area contributed by atoms with Crippen molar-refractivity contribution in [2.24, 2.45) is 16.7 Å². The number of nitrogens with one attached hydrogen (secondary N) is 1. The number of fused-ring (bicyclic) bond motifs is 2. The fourth-order valence-corrected chi connectivity index (χ4v) is 5.18. The summed E-state index contributed by atoms with van der Waals surface area (Å²) in [6.45, 7) is 7.03. The third kappa shape index (κ3) is 2.04. The Morgan fingerprint density at radius 2 is 2.17 bits per heavy atom. The number of carbonyl (C=O) groups excluding carboxylic acids is 1. The summed E-state index contributed by atoms with van der Waals surface area (Å²) in [6, 6.07) is 7.99. The van der Waals surface area contributed by atoms with Gasteiger partial charge in [0.2, 0.25) is 0 Å². The lowest BCUT2D eigenvalue weighted by atomic mass is 9.48. The number of methoxy groups -OCH3 is 1. The number of aromatic amines is 1. The van der Waals surface area contributed by atoms with Crippen LogP contribution in [-0.2, 0) is 4.74 Å². The highest BCUT2D eigenvalue weighted by atomic mass is 16.5. The van der Waals surface area contributed by atoms with Gasteiger partial charge in [0.25, 0.3) is 5.91 Å². The molecule has 0 radical (unpaired) electrons. The standard InChI is InChI=1S/C19H24N2O2/c1-18(2)10-19(12-23-3)11-21(9-16(18)19)17(22)14-8-20-15-7-5-4-6-13(14)15/h4-8,16,20H,9-12H2,1-3H3/t16-,19-/m1/s1. The van der Waals surface area contributed by atoms with Crippen molar-refractivity contribution in [3.8, 4) is 0 Å². The predicted octanol–water partition coefficient (Wildman–Crippen LogP) is 3.30. The first-order valence-corrected chi connectivity index (χ1v) is 8.31. The largest absolute Gasteiger partial charge is 0.384 e. The van der Waals surface area contributed by atoms with Crippen LogP contribution >= 0.6 is 0 Å². The summed E-state index contributed by atoms with van der Waals surface area (Å²) in [4.78, 5) is 18.3. The zero-order chi connectivity index (χ0) is 16.2. The van der Waals surface area contributed by atoms with Gasteiger partial charge in [-0.25, -0.2) is 0 Å². The third-order valence-electron chi connectivity index (χ3n) is 5.94. The van der Waals surface area contributed by atoms with Crippen LogP contribution in [0.15, 0.2) is 30.5 Å². The summed E-state index contributed by atoms with van der Waals surface area (Å²) >= 11 is 0. The second-order valence-corrected chi connectivity index (χ2v) is 7.95. The van der Waals surface area contributed by atoms with E-state index >= 15 is 0 Å². The Balaban J connectivity index is 1.63. The molecule has 2 aliphatic rings. The monoisotopic (exact) mass is 312 g/mol. The first kappa shape index (κ1) is 14.8. The molecule has 1 amide bonds. The number of hydrogen-bond acceptors (Lipinski definition) is 2. The fraction of sp³-hybridized carbons (Fsp3) is 0.526. The highest BCUT2D eigenvalue weighted by Crippen LogP contribution is 2.62. The van der Waals surface area contributed by atoms with E-state index in [1.165, 1.54) is 0 Å². The number of carbonyl (C=O) groups is 1. The van der Waals surface area contributed by atoms with Crippen LogP contribution in [0.5, 0.6) is 0 Å². The molecule has 4 rings (SSSR count). The molecule has 1 N–H and O–H groups in total. The first-order valence-electron chi connectivity index (χ1n) is 8.31. The van der Waals surface area contributed by atoms with Gasteiger partial charge in [-0.15, -0.1) is 0 Å². The summed E-state index contributed by atoms with van der Waals surface area (Å²) < 4.78 is 5.49. The van der Waals surface area contributed by atoms with Crippen LogP contribution < -0.4 is 0 Å². The molecule has 1 aromatic carbocycles. The second kappa shape index (κ2) is 4.84. The van der Waals surface area contributed by atoms with Crippen molar-refractivity contribution in [1.29, 1.82) is 0 Å². The maximum absolute atomic E-state index is 13.1. The number of hydrogen-bond donors (Lipinski definition) is 1. The summed E-state index contributed by atoms with van der Waals surface area (Å²) in [6.07, 6.45) is 2.98. The highest BCUT2D eigenvalue weighted by molar-refractivity contribution is 6.06. The van der Waals surface area contributed by atoms with E-state index in [2.05, 4.69) is 18.8 Å². The molecular weight excluding hydrogens is 288 g/mol. The lowest BCUT2D eigenvalue weighted by molar-refractivity contribution is -0.107. The molecule has 1 saturated heterocycles. The zero-order valence-electron chi connectivity index (χ0n) is 14.1. The zero-order valence-corrected chi connectivity index (χ0v) is 14.1. The van der Waals surface area contributed by atoms with Gasteiger partial charge in [0, 0.05) is 42.7 Å². The Kier molecular flexibility index (Phi) is 3.11. The van der Waals surface area contributed by atoms with Gasteiger partial charge in [-0.05, 0) is 23.8 Å². The maximum Gasteiger partial charge on any atom is 0.256 e. The van der Waals surface area contributed by atoms with Gasteiger partial charge in [0.05, 0.1) is 12.2 Å². The normalized spacial score (nSPS) is 28.7. The smallest absolute Gasteiger partial charge is 0.256 e. The summed E-state index contributed by atoms with van der Waals surface area (Å²) in [5, 5.41) is 1.01. The van der Waals surface area contributed by atoms with Crippen LogP contribution in [0.2, 0.25) is 0 Å². The van der Waals surface area contributed by atoms with Crippen molar-refractivity contribution in [3.63, 3.8) is 0 Å². The quantitative estimate of drug-likeness (QED) is 0.945. The molecular formula is C19H24N2O2. The van der Waals surface area contributed by atoms with Crippen LogP contribution in [0, 0.1) is 16.7 Å². The van der Waals surface area contributed by atoms with Crippen molar-refractivity contribution >= 4 is 16.8 Å². The summed E-state index contributed by atoms with van der Waals surface area (Å²) in [7, 11) is 1.77. The summed E-state index contributed by atoms with van der Waals surface area (Å²) in [5.41, 5.74) is 2.26. The SMILES string of the molecule is COC[C@@]12CN(C(=O)c3c[nH]c4ccccc34)C[C@@H]1C(C)(C)C2. The molecule has 2 heterocycles. The molecule has 1 aliphatic carbocycles. The number of nitrogens with zero attached hydrogens (tertiary/aromatic N) is 1. The van der Waals surface area contributed by atoms with Crippen molar-refractivity contribution < 1.29 is 9.53 Å². The van der Waals surface area contributed by atoms with E-state index in [-0.39, 0.29) is 11.3 Å². The number of para-hydroxylation sites is 1. The van der Waals surface area contributed by atoms with E-state index in [1.807, 2.05) is 35.4 Å². The van der Waals surface area contributed by atoms with Gasteiger partial charge in [-0.1, -0.05) is 32.0 Å². The summed E-state index contributed by atoms with van der Waals surface area (Å²) in [5.74, 6) is 0.673. The molecule has 1 saturated carbocycles. The van der Waals surface area contributed by atoms with Gasteiger partial charge in [-0.2, -0.15) is 0 Å². The number of aromatic nitrogens is 1. The van der Waals surface area contributed by atoms with Gasteiger partial charge in [0.1, 0.15) is 0 Å². The van der Waals surface area contributed by atoms with Gasteiger partial charge in [0.15, 0.2) is 0 Å². The second-order valence-electron chi connectivity index (χ2n) is 7.95. The third-order valence-corrected chi connectivity index (χ3v) is 5.94. The Bertz CT molecular complexity index is 764. The van der Waals surface area contributed by atoms with Crippen LogP contribution in [0.1, 0.15) is 30.6 Å². The molecule has 1 aromatic heterocycles. The maximum atomic E-state index is 13.1. The molecule has 0 unspecified atom stereocenters. The van der Waals surface area contributed by atoms with E-state index in [0.29, 0.717) is 11.3 Å². The van der Waals surface area contributed by atoms with Crippen molar-refractivity contribution in [2.75, 3.05) is 26.8 Å². The van der Waals surface area contributed by atoms with Crippen molar-refractivity contribution in [1.82, 2.24) is 9.88 Å². The van der Waals surface area contributed by atoms with E-state index in [0.717, 1.165) is 42.6 Å². The molecule has 1 aliphatic heterocycles. The minimum atomic E-state index is 0.142. The Labute approximate surface area is 136 Å². The number of likely N-dealkylation sites (tertiary alicyclic amines) is 1. The number of benzene rings is 1. The molecule has 0 bridgehead atoms. The van der Waals surface area contributed by atoms with Crippen molar-refractivity contribution in [3.05, 3.63) is 36.0 Å². The number of amides is 1. The van der Waals surface area contributed by atoms with Gasteiger partial charge in [-0.3, -0.25) is 4.79 Å². The molecule has 2 aromatic rings. The van der Waals surface area contributed by atoms with Crippen LogP contribution in [0.3, 0.4) is 0 Å². The molecule has 2 fully saturated rings. The lowest BCUT2D eigenvalue weighted by Gasteiger charge is -2.56. The topological polar surface area (TPSA) is 45.3 Å². The molecule has 0 spiro atoms. The minimum Gasteiger partial charge on any atom is -0.384 e. The van der Waals surface area contributed by atoms with E-state index in [4.69, 9.17) is 4.74 Å². The van der Waals surface area contributed by atoms with Gasteiger partial charge < -0.3 is 14.6 Å². The number of ether oxygens (including phenoxy) is 1. The molecule has 4 heteroatoms. The number of H-pyrrole nitrogens is 1.